The number of rotatable bonds is 4. The van der Waals surface area contributed by atoms with E-state index in [0.29, 0.717) is 32.8 Å². The smallest absolute Gasteiger partial charge is 0.255 e. The molecule has 5 heteroatoms. The Morgan fingerprint density at radius 2 is 2.20 bits per heavy atom. The van der Waals surface area contributed by atoms with E-state index >= 15 is 0 Å². The first-order valence-electron chi connectivity index (χ1n) is 8.88. The number of carbonyl (C=O) groups is 1. The van der Waals surface area contributed by atoms with E-state index in [1.807, 2.05) is 25.1 Å². The molecule has 4 rings (SSSR count). The van der Waals surface area contributed by atoms with E-state index in [1.54, 1.807) is 0 Å². The van der Waals surface area contributed by atoms with Gasteiger partial charge in [0.25, 0.3) is 5.91 Å². The van der Waals surface area contributed by atoms with Crippen LogP contribution < -0.4 is 10.1 Å². The molecule has 2 aliphatic heterocycles. The van der Waals surface area contributed by atoms with Gasteiger partial charge in [-0.2, -0.15) is 0 Å². The van der Waals surface area contributed by atoms with Gasteiger partial charge in [0.05, 0.1) is 19.3 Å². The van der Waals surface area contributed by atoms with E-state index in [9.17, 15) is 4.79 Å². The van der Waals surface area contributed by atoms with Gasteiger partial charge in [-0.25, -0.2) is 0 Å². The van der Waals surface area contributed by atoms with Crippen LogP contribution in [0.3, 0.4) is 0 Å². The molecule has 1 saturated heterocycles. The number of nitrogens with one attached hydrogen (secondary N) is 1. The first-order chi connectivity index (χ1) is 12.2. The first kappa shape index (κ1) is 16.4. The standard InChI is InChI=1S/C20H23NO4/c1-2-25-20(9-10-23-13-20)19(22)21-15-11-17-16-6-4-3-5-14(16)7-8-18(17)24-12-15/h3-8,15H,2,9-13H2,1H3,(H,21,22). The van der Waals surface area contributed by atoms with Crippen molar-refractivity contribution in [3.8, 4) is 5.75 Å². The maximum absolute atomic E-state index is 12.8. The average molecular weight is 341 g/mol. The van der Waals surface area contributed by atoms with E-state index in [4.69, 9.17) is 14.2 Å². The van der Waals surface area contributed by atoms with Crippen molar-refractivity contribution >= 4 is 16.7 Å². The van der Waals surface area contributed by atoms with Crippen molar-refractivity contribution in [1.29, 1.82) is 0 Å². The Morgan fingerprint density at radius 1 is 1.32 bits per heavy atom. The van der Waals surface area contributed by atoms with Gasteiger partial charge in [-0.15, -0.1) is 0 Å². The normalized spacial score (nSPS) is 25.4. The highest BCUT2D eigenvalue weighted by Crippen LogP contribution is 2.32. The highest BCUT2D eigenvalue weighted by atomic mass is 16.6. The van der Waals surface area contributed by atoms with Gasteiger partial charge in [0, 0.05) is 25.0 Å². The van der Waals surface area contributed by atoms with Crippen LogP contribution in [0.2, 0.25) is 0 Å². The zero-order chi connectivity index (χ0) is 17.3. The van der Waals surface area contributed by atoms with Crippen LogP contribution in [-0.4, -0.2) is 44.0 Å². The summed E-state index contributed by atoms with van der Waals surface area (Å²) >= 11 is 0. The van der Waals surface area contributed by atoms with Crippen LogP contribution in [0.15, 0.2) is 36.4 Å². The maximum atomic E-state index is 12.8. The van der Waals surface area contributed by atoms with Crippen LogP contribution in [-0.2, 0) is 20.7 Å². The van der Waals surface area contributed by atoms with Crippen molar-refractivity contribution in [1.82, 2.24) is 5.32 Å². The molecular weight excluding hydrogens is 318 g/mol. The van der Waals surface area contributed by atoms with Gasteiger partial charge in [-0.1, -0.05) is 30.3 Å². The van der Waals surface area contributed by atoms with Crippen molar-refractivity contribution in [3.05, 3.63) is 42.0 Å². The molecule has 0 spiro atoms. The van der Waals surface area contributed by atoms with Crippen LogP contribution in [0, 0.1) is 0 Å². The summed E-state index contributed by atoms with van der Waals surface area (Å²) in [5.74, 6) is 0.817. The van der Waals surface area contributed by atoms with Crippen LogP contribution in [0.1, 0.15) is 18.9 Å². The molecule has 2 unspecified atom stereocenters. The molecule has 0 saturated carbocycles. The fourth-order valence-corrected chi connectivity index (χ4v) is 3.75. The molecule has 1 amide bonds. The molecule has 1 N–H and O–H groups in total. The minimum absolute atomic E-state index is 0.0660. The summed E-state index contributed by atoms with van der Waals surface area (Å²) in [7, 11) is 0. The Morgan fingerprint density at radius 3 is 3.00 bits per heavy atom. The number of fused-ring (bicyclic) bond motifs is 3. The predicted octanol–water partition coefficient (Wildman–Crippen LogP) is 2.46. The van der Waals surface area contributed by atoms with Gasteiger partial charge in [0.15, 0.2) is 5.60 Å². The SMILES string of the molecule is CCOC1(C(=O)NC2COc3ccc4ccccc4c3C2)CCOC1. The third kappa shape index (κ3) is 2.98. The number of hydrogen-bond donors (Lipinski definition) is 1. The lowest BCUT2D eigenvalue weighted by Gasteiger charge is -2.31. The Balaban J connectivity index is 1.54. The number of benzene rings is 2. The minimum atomic E-state index is -0.853. The topological polar surface area (TPSA) is 56.8 Å². The third-order valence-corrected chi connectivity index (χ3v) is 5.04. The fourth-order valence-electron chi connectivity index (χ4n) is 3.75. The monoisotopic (exact) mass is 341 g/mol. The van der Waals surface area contributed by atoms with Crippen molar-refractivity contribution < 1.29 is 19.0 Å². The second kappa shape index (κ2) is 6.65. The quantitative estimate of drug-likeness (QED) is 0.928. The molecule has 2 aromatic rings. The molecule has 0 aromatic heterocycles. The Kier molecular flexibility index (Phi) is 4.36. The van der Waals surface area contributed by atoms with E-state index in [1.165, 1.54) is 10.8 Å². The molecule has 25 heavy (non-hydrogen) atoms. The maximum Gasteiger partial charge on any atom is 0.255 e. The van der Waals surface area contributed by atoms with Crippen LogP contribution in [0.5, 0.6) is 5.75 Å². The zero-order valence-corrected chi connectivity index (χ0v) is 14.4. The largest absolute Gasteiger partial charge is 0.491 e. The molecule has 0 aliphatic carbocycles. The Labute approximate surface area is 147 Å². The number of amides is 1. The van der Waals surface area contributed by atoms with Crippen molar-refractivity contribution in [3.63, 3.8) is 0 Å². The van der Waals surface area contributed by atoms with E-state index in [0.717, 1.165) is 17.7 Å². The lowest BCUT2D eigenvalue weighted by atomic mass is 9.95. The second-order valence-corrected chi connectivity index (χ2v) is 6.68. The van der Waals surface area contributed by atoms with Crippen molar-refractivity contribution in [2.24, 2.45) is 0 Å². The molecule has 0 bridgehead atoms. The molecule has 2 aromatic carbocycles. The summed E-state index contributed by atoms with van der Waals surface area (Å²) in [5, 5.41) is 5.49. The predicted molar refractivity (Wildman–Crippen MR) is 94.9 cm³/mol. The summed E-state index contributed by atoms with van der Waals surface area (Å²) in [6.45, 7) is 3.74. The first-order valence-corrected chi connectivity index (χ1v) is 8.88. The summed E-state index contributed by atoms with van der Waals surface area (Å²) in [5.41, 5.74) is 0.302. The van der Waals surface area contributed by atoms with Crippen LogP contribution in [0.4, 0.5) is 0 Å². The summed E-state index contributed by atoms with van der Waals surface area (Å²) in [6, 6.07) is 12.3. The molecule has 2 atom stereocenters. The van der Waals surface area contributed by atoms with Gasteiger partial charge >= 0.3 is 0 Å². The highest BCUT2D eigenvalue weighted by molar-refractivity contribution is 5.89. The van der Waals surface area contributed by atoms with Gasteiger partial charge in [0.2, 0.25) is 0 Å². The van der Waals surface area contributed by atoms with Crippen LogP contribution >= 0.6 is 0 Å². The molecule has 5 nitrogen and oxygen atoms in total. The average Bonchev–Trinajstić information content (AvgIpc) is 3.12. The number of ether oxygens (including phenoxy) is 3. The second-order valence-electron chi connectivity index (χ2n) is 6.68. The molecular formula is C20H23NO4. The van der Waals surface area contributed by atoms with Gasteiger partial charge in [-0.05, 0) is 23.8 Å². The van der Waals surface area contributed by atoms with Crippen LogP contribution in [0.25, 0.3) is 10.8 Å². The molecule has 1 fully saturated rings. The van der Waals surface area contributed by atoms with E-state index < -0.39 is 5.60 Å². The van der Waals surface area contributed by atoms with Crippen molar-refractivity contribution in [2.75, 3.05) is 26.4 Å². The molecule has 132 valence electrons. The number of hydrogen-bond acceptors (Lipinski definition) is 4. The van der Waals surface area contributed by atoms with Crippen molar-refractivity contribution in [2.45, 2.75) is 31.4 Å². The molecule has 2 aliphatic rings. The summed E-state index contributed by atoms with van der Waals surface area (Å²) in [4.78, 5) is 12.8. The van der Waals surface area contributed by atoms with Gasteiger partial charge < -0.3 is 19.5 Å². The molecule has 2 heterocycles. The van der Waals surface area contributed by atoms with E-state index in [2.05, 4.69) is 23.5 Å². The summed E-state index contributed by atoms with van der Waals surface area (Å²) < 4.78 is 17.1. The van der Waals surface area contributed by atoms with E-state index in [-0.39, 0.29) is 11.9 Å². The van der Waals surface area contributed by atoms with Gasteiger partial charge in [0.1, 0.15) is 12.4 Å². The summed E-state index contributed by atoms with van der Waals surface area (Å²) in [6.07, 6.45) is 1.35. The fraction of sp³-hybridized carbons (Fsp3) is 0.450. The Bertz CT molecular complexity index is 782. The lowest BCUT2D eigenvalue weighted by molar-refractivity contribution is -0.147. The van der Waals surface area contributed by atoms with Gasteiger partial charge in [-0.3, -0.25) is 4.79 Å². The number of carbonyl (C=O) groups excluding carboxylic acids is 1. The highest BCUT2D eigenvalue weighted by Gasteiger charge is 2.44. The third-order valence-electron chi connectivity index (χ3n) is 5.04. The lowest BCUT2D eigenvalue weighted by Crippen LogP contribution is -2.54. The Hall–Kier alpha value is -2.11. The molecule has 0 radical (unpaired) electrons. The minimum Gasteiger partial charge on any atom is -0.491 e. The zero-order valence-electron chi connectivity index (χ0n) is 14.4.